The Morgan fingerprint density at radius 2 is 1.88 bits per heavy atom. The number of phenols is 1. The summed E-state index contributed by atoms with van der Waals surface area (Å²) < 4.78 is 5.61. The number of aromatic hydroxyl groups is 1. The van der Waals surface area contributed by atoms with Crippen molar-refractivity contribution in [1.29, 1.82) is 0 Å². The molecule has 0 saturated heterocycles. The summed E-state index contributed by atoms with van der Waals surface area (Å²) in [6.45, 7) is 1.06. The van der Waals surface area contributed by atoms with E-state index in [2.05, 4.69) is 9.47 Å². The molecule has 0 heterocycles. The van der Waals surface area contributed by atoms with Crippen LogP contribution >= 0.6 is 9.47 Å². The molecular weight excluding hydrogens is 437 g/mol. The summed E-state index contributed by atoms with van der Waals surface area (Å²) in [6.07, 6.45) is -0.832. The number of phenolic OH excluding ortho intramolecular Hbond substituents is 1. The number of hydrogen-bond donors (Lipinski definition) is 4. The first-order valence-corrected chi connectivity index (χ1v) is 10.5. The Morgan fingerprint density at radius 3 is 2.44 bits per heavy atom. The molecule has 0 aromatic heterocycles. The molecule has 6 atom stereocenters. The van der Waals surface area contributed by atoms with Crippen LogP contribution < -0.4 is 0 Å². The van der Waals surface area contributed by atoms with Gasteiger partial charge >= 0.3 is 0 Å². The van der Waals surface area contributed by atoms with E-state index in [4.69, 9.17) is 4.52 Å². The Labute approximate surface area is 186 Å². The van der Waals surface area contributed by atoms with E-state index in [-0.39, 0.29) is 23.3 Å². The van der Waals surface area contributed by atoms with E-state index in [0.29, 0.717) is 5.56 Å². The van der Waals surface area contributed by atoms with Gasteiger partial charge in [-0.1, -0.05) is 12.1 Å². The minimum Gasteiger partial charge on any atom is -0.508 e. The lowest BCUT2D eigenvalue weighted by molar-refractivity contribution is -0.164. The van der Waals surface area contributed by atoms with Crippen LogP contribution in [0.15, 0.2) is 35.1 Å². The Balaban J connectivity index is 2.06. The second-order valence-electron chi connectivity index (χ2n) is 8.66. The highest BCUT2D eigenvalue weighted by Crippen LogP contribution is 2.53. The number of nitrogens with zero attached hydrogens (tertiary/aromatic N) is 1. The van der Waals surface area contributed by atoms with Crippen molar-refractivity contribution in [2.45, 2.75) is 31.1 Å². The summed E-state index contributed by atoms with van der Waals surface area (Å²) in [7, 11) is 5.18. The second-order valence-corrected chi connectivity index (χ2v) is 8.93. The molecule has 1 aromatic rings. The molecule has 10 heteroatoms. The number of aliphatic hydroxyl groups excluding tert-OH is 2. The Hall–Kier alpha value is -2.58. The largest absolute Gasteiger partial charge is 0.508 e. The molecule has 3 aliphatic rings. The molecule has 0 aliphatic heterocycles. The van der Waals surface area contributed by atoms with Crippen molar-refractivity contribution in [3.63, 3.8) is 0 Å². The van der Waals surface area contributed by atoms with Gasteiger partial charge in [0.05, 0.1) is 23.6 Å². The van der Waals surface area contributed by atoms with Crippen molar-refractivity contribution in [2.75, 3.05) is 14.1 Å². The van der Waals surface area contributed by atoms with Gasteiger partial charge in [-0.3, -0.25) is 19.3 Å². The zero-order valence-electron chi connectivity index (χ0n) is 17.7. The highest BCUT2D eigenvalue weighted by molar-refractivity contribution is 7.09. The number of hydrogen-bond acceptors (Lipinski definition) is 9. The Bertz CT molecular complexity index is 1120. The second kappa shape index (κ2) is 7.49. The summed E-state index contributed by atoms with van der Waals surface area (Å²) >= 11 is 0. The fourth-order valence-corrected chi connectivity index (χ4v) is 5.81. The minimum atomic E-state index is -2.69. The van der Waals surface area contributed by atoms with Gasteiger partial charge in [0.15, 0.2) is 17.2 Å². The SMILES string of the molecule is CC(=O)C1=C(O)[C@@]2(O)C(=O)C3=C(O)c4c(O)cccc4C[C@H]3[C@H](OP)[C@H]2[C@H](N(C)C)C1=O. The average Bonchev–Trinajstić information content (AvgIpc) is 2.70. The van der Waals surface area contributed by atoms with Gasteiger partial charge in [-0.25, -0.2) is 0 Å². The monoisotopic (exact) mass is 461 g/mol. The summed E-state index contributed by atoms with van der Waals surface area (Å²) in [5.74, 6) is -6.42. The smallest absolute Gasteiger partial charge is 0.202 e. The molecule has 4 rings (SSSR count). The molecule has 4 N–H and O–H groups in total. The molecule has 1 aromatic carbocycles. The van der Waals surface area contributed by atoms with E-state index in [1.807, 2.05) is 0 Å². The molecule has 32 heavy (non-hydrogen) atoms. The molecule has 9 nitrogen and oxygen atoms in total. The van der Waals surface area contributed by atoms with E-state index in [1.165, 1.54) is 11.0 Å². The zero-order valence-corrected chi connectivity index (χ0v) is 18.8. The van der Waals surface area contributed by atoms with Crippen LogP contribution in [0.1, 0.15) is 18.1 Å². The summed E-state index contributed by atoms with van der Waals surface area (Å²) in [4.78, 5) is 40.6. The maximum atomic E-state index is 13.7. The lowest BCUT2D eigenvalue weighted by Crippen LogP contribution is -2.70. The number of ketones is 3. The van der Waals surface area contributed by atoms with Crippen molar-refractivity contribution >= 4 is 32.6 Å². The number of benzene rings is 1. The van der Waals surface area contributed by atoms with Gasteiger partial charge in [0.1, 0.15) is 22.8 Å². The van der Waals surface area contributed by atoms with Crippen LogP contribution in [0.3, 0.4) is 0 Å². The first kappa shape index (κ1) is 22.6. The molecule has 170 valence electrons. The van der Waals surface area contributed by atoms with Gasteiger partial charge < -0.3 is 24.9 Å². The third-order valence-corrected chi connectivity index (χ3v) is 7.09. The number of fused-ring (bicyclic) bond motifs is 3. The number of rotatable bonds is 3. The van der Waals surface area contributed by atoms with E-state index >= 15 is 0 Å². The highest BCUT2D eigenvalue weighted by atomic mass is 31.0. The normalized spacial score (nSPS) is 32.1. The van der Waals surface area contributed by atoms with Gasteiger partial charge in [0, 0.05) is 21.0 Å². The number of likely N-dealkylation sites (N-methyl/N-ethyl adjacent to an activating group) is 1. The van der Waals surface area contributed by atoms with E-state index in [1.54, 1.807) is 26.2 Å². The molecule has 1 saturated carbocycles. The van der Waals surface area contributed by atoms with Crippen LogP contribution in [0.25, 0.3) is 5.76 Å². The fraction of sp³-hybridized carbons (Fsp3) is 0.409. The van der Waals surface area contributed by atoms with Crippen LogP contribution in [0.5, 0.6) is 5.75 Å². The predicted molar refractivity (Wildman–Crippen MR) is 116 cm³/mol. The van der Waals surface area contributed by atoms with Crippen molar-refractivity contribution in [2.24, 2.45) is 11.8 Å². The molecule has 3 aliphatic carbocycles. The maximum Gasteiger partial charge on any atom is 0.202 e. The molecular formula is C22H24NO8P. The topological polar surface area (TPSA) is 145 Å². The quantitative estimate of drug-likeness (QED) is 0.380. The van der Waals surface area contributed by atoms with Gasteiger partial charge in [-0.2, -0.15) is 0 Å². The van der Waals surface area contributed by atoms with Crippen molar-refractivity contribution in [3.8, 4) is 5.75 Å². The number of carbonyl (C=O) groups is 3. The van der Waals surface area contributed by atoms with Crippen LogP contribution in [0.2, 0.25) is 0 Å². The number of Topliss-reactive ketones (excluding diaryl/α,β-unsaturated/α-hetero) is 3. The van der Waals surface area contributed by atoms with Gasteiger partial charge in [0.2, 0.25) is 5.78 Å². The average molecular weight is 461 g/mol. The summed E-state index contributed by atoms with van der Waals surface area (Å²) in [5, 5.41) is 43.9. The first-order valence-electron chi connectivity index (χ1n) is 10.0. The van der Waals surface area contributed by atoms with Crippen LogP contribution in [0, 0.1) is 11.8 Å². The van der Waals surface area contributed by atoms with Crippen molar-refractivity contribution in [1.82, 2.24) is 4.90 Å². The van der Waals surface area contributed by atoms with Crippen LogP contribution in [-0.4, -0.2) is 74.5 Å². The molecule has 0 bridgehead atoms. The molecule has 0 amide bonds. The standard InChI is InChI=1S/C22H24NO8P/c1-8(24)12-18(27)16(23(2)3)15-19(31-32)10-7-9-5-4-6-11(25)13(9)17(26)14(10)21(29)22(15,30)20(12)28/h4-6,10,15-16,19,25-26,28,30H,7,32H2,1-3H3/t10-,15-,16+,19+,22-/m1/s1. The highest BCUT2D eigenvalue weighted by Gasteiger charge is 2.67. The Kier molecular flexibility index (Phi) is 5.29. The summed E-state index contributed by atoms with van der Waals surface area (Å²) in [6, 6.07) is 3.49. The van der Waals surface area contributed by atoms with E-state index < -0.39 is 64.0 Å². The van der Waals surface area contributed by atoms with Crippen LogP contribution in [0.4, 0.5) is 0 Å². The van der Waals surface area contributed by atoms with Crippen molar-refractivity contribution < 1.29 is 39.3 Å². The van der Waals surface area contributed by atoms with Gasteiger partial charge in [-0.15, -0.1) is 0 Å². The zero-order chi connectivity index (χ0) is 23.7. The lowest BCUT2D eigenvalue weighted by atomic mass is 9.56. The third kappa shape index (κ3) is 2.75. The fourth-order valence-electron chi connectivity index (χ4n) is 5.45. The molecule has 1 fully saturated rings. The van der Waals surface area contributed by atoms with Crippen LogP contribution in [-0.2, 0) is 25.3 Å². The number of aliphatic hydroxyl groups is 3. The van der Waals surface area contributed by atoms with Gasteiger partial charge in [0.25, 0.3) is 0 Å². The number of carbonyl (C=O) groups excluding carboxylic acids is 3. The maximum absolute atomic E-state index is 13.7. The van der Waals surface area contributed by atoms with Crippen molar-refractivity contribution in [3.05, 3.63) is 46.2 Å². The third-order valence-electron chi connectivity index (χ3n) is 6.77. The molecule has 0 spiro atoms. The van der Waals surface area contributed by atoms with E-state index in [9.17, 15) is 34.8 Å². The van der Waals surface area contributed by atoms with E-state index in [0.717, 1.165) is 6.92 Å². The molecule has 0 radical (unpaired) electrons. The molecule has 1 unspecified atom stereocenters. The van der Waals surface area contributed by atoms with Gasteiger partial charge in [-0.05, 0) is 39.1 Å². The predicted octanol–water partition coefficient (Wildman–Crippen LogP) is 0.853. The lowest BCUT2D eigenvalue weighted by Gasteiger charge is -2.53. The minimum absolute atomic E-state index is 0.0583. The Morgan fingerprint density at radius 1 is 1.22 bits per heavy atom. The summed E-state index contributed by atoms with van der Waals surface area (Å²) in [5.41, 5.74) is -2.95. The first-order chi connectivity index (χ1) is 15.0.